The fraction of sp³-hybridized carbons (Fsp3) is 0.188. The van der Waals surface area contributed by atoms with Crippen LogP contribution in [0, 0.1) is 0 Å². The summed E-state index contributed by atoms with van der Waals surface area (Å²) >= 11 is 2.97. The number of benzene rings is 1. The minimum Gasteiger partial charge on any atom is -0.495 e. The summed E-state index contributed by atoms with van der Waals surface area (Å²) in [6, 6.07) is 11.4. The predicted molar refractivity (Wildman–Crippen MR) is 95.9 cm³/mol. The zero-order valence-corrected chi connectivity index (χ0v) is 14.6. The number of hydrogen-bond acceptors (Lipinski definition) is 6. The van der Waals surface area contributed by atoms with E-state index in [9.17, 15) is 4.79 Å². The molecule has 8 heteroatoms. The fourth-order valence-electron chi connectivity index (χ4n) is 2.06. The normalized spacial score (nSPS) is 10.5. The molecule has 1 amide bonds. The van der Waals surface area contributed by atoms with E-state index in [-0.39, 0.29) is 11.7 Å². The number of methoxy groups -OCH3 is 1. The third kappa shape index (κ3) is 4.36. The van der Waals surface area contributed by atoms with Crippen LogP contribution in [-0.4, -0.2) is 34.0 Å². The van der Waals surface area contributed by atoms with E-state index in [2.05, 4.69) is 26.6 Å². The number of amides is 1. The van der Waals surface area contributed by atoms with Crippen molar-refractivity contribution in [2.45, 2.75) is 11.6 Å². The number of aromatic nitrogens is 3. The maximum atomic E-state index is 12.1. The SMILES string of the molecule is COc1ccccc1NC(=O)CSc1n[nH]c(Cc2cccs2)n1. The monoisotopic (exact) mass is 360 g/mol. The Morgan fingerprint density at radius 1 is 1.33 bits per heavy atom. The number of aromatic amines is 1. The summed E-state index contributed by atoms with van der Waals surface area (Å²) in [5, 5.41) is 12.5. The van der Waals surface area contributed by atoms with Crippen molar-refractivity contribution in [2.75, 3.05) is 18.2 Å². The minimum absolute atomic E-state index is 0.130. The molecule has 2 aromatic heterocycles. The van der Waals surface area contributed by atoms with Crippen LogP contribution in [0.2, 0.25) is 0 Å². The molecular formula is C16H16N4O2S2. The molecule has 0 aliphatic heterocycles. The van der Waals surface area contributed by atoms with Crippen LogP contribution in [0.4, 0.5) is 5.69 Å². The van der Waals surface area contributed by atoms with Crippen LogP contribution >= 0.6 is 23.1 Å². The number of anilines is 1. The van der Waals surface area contributed by atoms with E-state index >= 15 is 0 Å². The molecular weight excluding hydrogens is 344 g/mol. The van der Waals surface area contributed by atoms with Gasteiger partial charge in [0.25, 0.3) is 0 Å². The number of nitrogens with one attached hydrogen (secondary N) is 2. The maximum Gasteiger partial charge on any atom is 0.234 e. The maximum absolute atomic E-state index is 12.1. The number of carbonyl (C=O) groups excluding carboxylic acids is 1. The molecule has 0 radical (unpaired) electrons. The van der Waals surface area contributed by atoms with Gasteiger partial charge in [-0.1, -0.05) is 30.0 Å². The highest BCUT2D eigenvalue weighted by Crippen LogP contribution is 2.23. The molecule has 3 aromatic rings. The van der Waals surface area contributed by atoms with E-state index in [0.29, 0.717) is 16.6 Å². The fourth-order valence-corrected chi connectivity index (χ4v) is 3.39. The van der Waals surface area contributed by atoms with Gasteiger partial charge in [-0.15, -0.1) is 16.4 Å². The molecule has 0 fully saturated rings. The molecule has 0 aliphatic carbocycles. The summed E-state index contributed by atoms with van der Waals surface area (Å²) in [6.07, 6.45) is 0.721. The Kier molecular flexibility index (Phi) is 5.50. The Morgan fingerprint density at radius 2 is 2.21 bits per heavy atom. The first kappa shape index (κ1) is 16.5. The topological polar surface area (TPSA) is 79.9 Å². The number of thioether (sulfide) groups is 1. The number of ether oxygens (including phenoxy) is 1. The van der Waals surface area contributed by atoms with Gasteiger partial charge in [-0.3, -0.25) is 9.89 Å². The average Bonchev–Trinajstić information content (AvgIpc) is 3.26. The molecule has 3 rings (SSSR count). The van der Waals surface area contributed by atoms with Crippen LogP contribution in [0.15, 0.2) is 46.9 Å². The van der Waals surface area contributed by atoms with Gasteiger partial charge in [0.2, 0.25) is 11.1 Å². The Labute approximate surface area is 147 Å². The van der Waals surface area contributed by atoms with E-state index in [1.54, 1.807) is 30.6 Å². The number of H-pyrrole nitrogens is 1. The van der Waals surface area contributed by atoms with Gasteiger partial charge in [0.1, 0.15) is 11.6 Å². The van der Waals surface area contributed by atoms with Crippen molar-refractivity contribution < 1.29 is 9.53 Å². The largest absolute Gasteiger partial charge is 0.495 e. The predicted octanol–water partition coefficient (Wildman–Crippen LogP) is 3.20. The quantitative estimate of drug-likeness (QED) is 0.633. The number of rotatable bonds is 7. The van der Waals surface area contributed by atoms with Gasteiger partial charge in [-0.05, 0) is 23.6 Å². The molecule has 2 heterocycles. The minimum atomic E-state index is -0.130. The van der Waals surface area contributed by atoms with Crippen LogP contribution < -0.4 is 10.1 Å². The average molecular weight is 360 g/mol. The summed E-state index contributed by atoms with van der Waals surface area (Å²) in [5.74, 6) is 1.53. The van der Waals surface area contributed by atoms with Crippen LogP contribution in [-0.2, 0) is 11.2 Å². The lowest BCUT2D eigenvalue weighted by atomic mass is 10.3. The van der Waals surface area contributed by atoms with Crippen molar-refractivity contribution in [3.63, 3.8) is 0 Å². The summed E-state index contributed by atoms with van der Waals surface area (Å²) in [7, 11) is 1.57. The highest BCUT2D eigenvalue weighted by Gasteiger charge is 2.10. The van der Waals surface area contributed by atoms with Gasteiger partial charge in [-0.2, -0.15) is 0 Å². The number of carbonyl (C=O) groups is 1. The molecule has 0 spiro atoms. The number of hydrogen-bond donors (Lipinski definition) is 2. The van der Waals surface area contributed by atoms with Gasteiger partial charge < -0.3 is 10.1 Å². The lowest BCUT2D eigenvalue weighted by Gasteiger charge is -2.08. The van der Waals surface area contributed by atoms with Crippen LogP contribution in [0.25, 0.3) is 0 Å². The zero-order valence-electron chi connectivity index (χ0n) is 13.0. The van der Waals surface area contributed by atoms with E-state index in [1.807, 2.05) is 23.6 Å². The molecule has 6 nitrogen and oxygen atoms in total. The van der Waals surface area contributed by atoms with E-state index < -0.39 is 0 Å². The Bertz CT molecular complexity index is 802. The molecule has 24 heavy (non-hydrogen) atoms. The molecule has 2 N–H and O–H groups in total. The van der Waals surface area contributed by atoms with Crippen molar-refractivity contribution in [1.82, 2.24) is 15.2 Å². The van der Waals surface area contributed by atoms with Gasteiger partial charge in [0.15, 0.2) is 0 Å². The molecule has 0 saturated carbocycles. The molecule has 0 atom stereocenters. The lowest BCUT2D eigenvalue weighted by molar-refractivity contribution is -0.113. The van der Waals surface area contributed by atoms with Crippen molar-refractivity contribution in [1.29, 1.82) is 0 Å². The third-order valence-electron chi connectivity index (χ3n) is 3.15. The summed E-state index contributed by atoms with van der Waals surface area (Å²) in [4.78, 5) is 17.7. The van der Waals surface area contributed by atoms with Crippen molar-refractivity contribution in [3.8, 4) is 5.75 Å². The molecule has 1 aromatic carbocycles. The molecule has 124 valence electrons. The molecule has 0 saturated heterocycles. The summed E-state index contributed by atoms with van der Waals surface area (Å²) in [6.45, 7) is 0. The van der Waals surface area contributed by atoms with Gasteiger partial charge in [0, 0.05) is 11.3 Å². The summed E-state index contributed by atoms with van der Waals surface area (Å²) in [5.41, 5.74) is 0.652. The van der Waals surface area contributed by atoms with E-state index in [1.165, 1.54) is 16.6 Å². The number of thiophene rings is 1. The zero-order chi connectivity index (χ0) is 16.8. The Balaban J connectivity index is 1.52. The van der Waals surface area contributed by atoms with Crippen molar-refractivity contribution in [3.05, 3.63) is 52.5 Å². The highest BCUT2D eigenvalue weighted by atomic mass is 32.2. The smallest absolute Gasteiger partial charge is 0.234 e. The second-order valence-electron chi connectivity index (χ2n) is 4.86. The van der Waals surface area contributed by atoms with Crippen LogP contribution in [0.3, 0.4) is 0 Å². The first-order valence-electron chi connectivity index (χ1n) is 7.24. The van der Waals surface area contributed by atoms with Gasteiger partial charge in [-0.25, -0.2) is 4.98 Å². The van der Waals surface area contributed by atoms with E-state index in [4.69, 9.17) is 4.74 Å². The van der Waals surface area contributed by atoms with Crippen molar-refractivity contribution >= 4 is 34.7 Å². The molecule has 0 aliphatic rings. The summed E-state index contributed by atoms with van der Waals surface area (Å²) < 4.78 is 5.21. The molecule has 0 unspecified atom stereocenters. The second kappa shape index (κ2) is 7.98. The number of nitrogens with zero attached hydrogens (tertiary/aromatic N) is 2. The van der Waals surface area contributed by atoms with Gasteiger partial charge in [0.05, 0.1) is 18.6 Å². The Hall–Kier alpha value is -2.32. The van der Waals surface area contributed by atoms with E-state index in [0.717, 1.165) is 12.2 Å². The van der Waals surface area contributed by atoms with Crippen LogP contribution in [0.1, 0.15) is 10.7 Å². The van der Waals surface area contributed by atoms with Crippen LogP contribution in [0.5, 0.6) is 5.75 Å². The first-order chi connectivity index (χ1) is 11.7. The Morgan fingerprint density at radius 3 is 3.00 bits per heavy atom. The number of para-hydroxylation sites is 2. The second-order valence-corrected chi connectivity index (χ2v) is 6.83. The van der Waals surface area contributed by atoms with Gasteiger partial charge >= 0.3 is 0 Å². The highest BCUT2D eigenvalue weighted by molar-refractivity contribution is 7.99. The first-order valence-corrected chi connectivity index (χ1v) is 9.10. The third-order valence-corrected chi connectivity index (χ3v) is 4.87. The van der Waals surface area contributed by atoms with Crippen molar-refractivity contribution in [2.24, 2.45) is 0 Å². The standard InChI is InChI=1S/C16H16N4O2S2/c1-22-13-7-3-2-6-12(13)17-15(21)10-24-16-18-14(19-20-16)9-11-5-4-8-23-11/h2-8H,9-10H2,1H3,(H,17,21)(H,18,19,20). The lowest BCUT2D eigenvalue weighted by Crippen LogP contribution is -2.14. The molecule has 0 bridgehead atoms.